The Morgan fingerprint density at radius 1 is 1.16 bits per heavy atom. The summed E-state index contributed by atoms with van der Waals surface area (Å²) in [7, 11) is 3.85. The molecule has 1 aliphatic heterocycles. The van der Waals surface area contributed by atoms with Gasteiger partial charge in [0.2, 0.25) is 0 Å². The monoisotopic (exact) mass is 339 g/mol. The van der Waals surface area contributed by atoms with Crippen LogP contribution in [0.5, 0.6) is 0 Å². The number of hydrogen-bond acceptors (Lipinski definition) is 4. The number of pyridine rings is 1. The molecule has 1 N–H and O–H groups in total. The zero-order valence-electron chi connectivity index (χ0n) is 14.8. The number of carbonyl (C=O) groups excluding carboxylic acids is 1. The number of aliphatic hydroxyl groups is 1. The molecular weight excluding hydrogens is 314 g/mol. The Morgan fingerprint density at radius 2 is 1.84 bits per heavy atom. The van der Waals surface area contributed by atoms with Crippen LogP contribution < -0.4 is 4.90 Å². The number of piperidine rings is 1. The predicted molar refractivity (Wildman–Crippen MR) is 98.6 cm³/mol. The molecule has 1 unspecified atom stereocenters. The topological polar surface area (TPSA) is 56.7 Å². The summed E-state index contributed by atoms with van der Waals surface area (Å²) in [4.78, 5) is 20.7. The van der Waals surface area contributed by atoms with Crippen molar-refractivity contribution in [1.82, 2.24) is 9.88 Å². The van der Waals surface area contributed by atoms with Crippen molar-refractivity contribution in [2.75, 3.05) is 32.1 Å². The van der Waals surface area contributed by atoms with Crippen LogP contribution in [0.1, 0.15) is 34.9 Å². The second-order valence-corrected chi connectivity index (χ2v) is 6.78. The first kappa shape index (κ1) is 17.4. The first-order valence-corrected chi connectivity index (χ1v) is 8.72. The molecule has 0 bridgehead atoms. The molecule has 132 valence electrons. The average Bonchev–Trinajstić information content (AvgIpc) is 2.67. The smallest absolute Gasteiger partial charge is 0.255 e. The molecule has 1 aliphatic rings. The van der Waals surface area contributed by atoms with E-state index in [0.717, 1.165) is 24.2 Å². The summed E-state index contributed by atoms with van der Waals surface area (Å²) in [6.45, 7) is 1.34. The number of likely N-dealkylation sites (tertiary alicyclic amines) is 1. The molecule has 0 radical (unpaired) electrons. The molecular formula is C20H25N3O2. The highest BCUT2D eigenvalue weighted by molar-refractivity contribution is 5.94. The summed E-state index contributed by atoms with van der Waals surface area (Å²) in [5.74, 6) is 1.05. The Labute approximate surface area is 148 Å². The van der Waals surface area contributed by atoms with Crippen molar-refractivity contribution in [2.45, 2.75) is 18.9 Å². The Balaban J connectivity index is 1.59. The highest BCUT2D eigenvalue weighted by atomic mass is 16.3. The molecule has 1 aromatic heterocycles. The van der Waals surface area contributed by atoms with Crippen LogP contribution >= 0.6 is 0 Å². The van der Waals surface area contributed by atoms with Crippen LogP contribution in [0.15, 0.2) is 48.7 Å². The van der Waals surface area contributed by atoms with E-state index in [1.54, 1.807) is 6.20 Å². The molecule has 5 nitrogen and oxygen atoms in total. The van der Waals surface area contributed by atoms with E-state index in [1.807, 2.05) is 66.4 Å². The summed E-state index contributed by atoms with van der Waals surface area (Å²) in [6.07, 6.45) is 2.80. The summed E-state index contributed by atoms with van der Waals surface area (Å²) in [5, 5.41) is 10.6. The van der Waals surface area contributed by atoms with E-state index in [4.69, 9.17) is 0 Å². The Bertz CT molecular complexity index is 693. The number of aromatic nitrogens is 1. The number of nitrogens with zero attached hydrogens (tertiary/aromatic N) is 3. The van der Waals surface area contributed by atoms with Gasteiger partial charge in [-0.25, -0.2) is 4.98 Å². The Morgan fingerprint density at radius 3 is 2.40 bits per heavy atom. The summed E-state index contributed by atoms with van der Waals surface area (Å²) < 4.78 is 0. The standard InChI is InChI=1S/C20H25N3O2/c1-22(2)18-9-8-17(14-21-18)20(25)23-12-10-16(11-13-23)19(24)15-6-4-3-5-7-15/h3-9,14,16,19,24H,10-13H2,1-2H3. The molecule has 3 rings (SSSR count). The molecule has 5 heteroatoms. The lowest BCUT2D eigenvalue weighted by Crippen LogP contribution is -2.39. The molecule has 0 aliphatic carbocycles. The van der Waals surface area contributed by atoms with E-state index in [0.29, 0.717) is 18.7 Å². The van der Waals surface area contributed by atoms with Crippen LogP contribution in [0.3, 0.4) is 0 Å². The van der Waals surface area contributed by atoms with E-state index >= 15 is 0 Å². The number of benzene rings is 1. The number of rotatable bonds is 4. The maximum Gasteiger partial charge on any atom is 0.255 e. The molecule has 0 saturated carbocycles. The van der Waals surface area contributed by atoms with Crippen LogP contribution in [0.25, 0.3) is 0 Å². The van der Waals surface area contributed by atoms with Crippen molar-refractivity contribution >= 4 is 11.7 Å². The Hall–Kier alpha value is -2.40. The highest BCUT2D eigenvalue weighted by Crippen LogP contribution is 2.31. The number of hydrogen-bond donors (Lipinski definition) is 1. The normalized spacial score (nSPS) is 16.5. The van der Waals surface area contributed by atoms with Gasteiger partial charge in [0.05, 0.1) is 11.7 Å². The highest BCUT2D eigenvalue weighted by Gasteiger charge is 2.28. The van der Waals surface area contributed by atoms with E-state index in [1.165, 1.54) is 0 Å². The fourth-order valence-electron chi connectivity index (χ4n) is 3.30. The van der Waals surface area contributed by atoms with Gasteiger partial charge in [-0.05, 0) is 36.5 Å². The van der Waals surface area contributed by atoms with E-state index in [2.05, 4.69) is 4.98 Å². The molecule has 2 aromatic rings. The van der Waals surface area contributed by atoms with Gasteiger partial charge < -0.3 is 14.9 Å². The summed E-state index contributed by atoms with van der Waals surface area (Å²) in [5.41, 5.74) is 1.57. The Kier molecular flexibility index (Phi) is 5.34. The lowest BCUT2D eigenvalue weighted by Gasteiger charge is -2.34. The maximum atomic E-state index is 12.6. The van der Waals surface area contributed by atoms with Gasteiger partial charge in [0, 0.05) is 33.4 Å². The number of aliphatic hydroxyl groups excluding tert-OH is 1. The molecule has 0 spiro atoms. The lowest BCUT2D eigenvalue weighted by atomic mass is 9.87. The van der Waals surface area contributed by atoms with Gasteiger partial charge in [-0.15, -0.1) is 0 Å². The molecule has 1 aromatic carbocycles. The summed E-state index contributed by atoms with van der Waals surface area (Å²) in [6, 6.07) is 13.4. The number of amides is 1. The fraction of sp³-hybridized carbons (Fsp3) is 0.400. The quantitative estimate of drug-likeness (QED) is 0.930. The minimum Gasteiger partial charge on any atom is -0.388 e. The van der Waals surface area contributed by atoms with Crippen molar-refractivity contribution in [2.24, 2.45) is 5.92 Å². The van der Waals surface area contributed by atoms with Gasteiger partial charge in [-0.3, -0.25) is 4.79 Å². The lowest BCUT2D eigenvalue weighted by molar-refractivity contribution is 0.0462. The van der Waals surface area contributed by atoms with Crippen molar-refractivity contribution in [3.05, 3.63) is 59.8 Å². The average molecular weight is 339 g/mol. The van der Waals surface area contributed by atoms with Crippen molar-refractivity contribution in [1.29, 1.82) is 0 Å². The largest absolute Gasteiger partial charge is 0.388 e. The second-order valence-electron chi connectivity index (χ2n) is 6.78. The van der Waals surface area contributed by atoms with Gasteiger partial charge in [-0.2, -0.15) is 0 Å². The third-order valence-electron chi connectivity index (χ3n) is 4.87. The van der Waals surface area contributed by atoms with Gasteiger partial charge in [0.25, 0.3) is 5.91 Å². The zero-order chi connectivity index (χ0) is 17.8. The zero-order valence-corrected chi connectivity index (χ0v) is 14.8. The predicted octanol–water partition coefficient (Wildman–Crippen LogP) is 2.73. The van der Waals surface area contributed by atoms with Crippen LogP contribution in [0.4, 0.5) is 5.82 Å². The van der Waals surface area contributed by atoms with E-state index < -0.39 is 6.10 Å². The van der Waals surface area contributed by atoms with Crippen LogP contribution in [0, 0.1) is 5.92 Å². The van der Waals surface area contributed by atoms with Gasteiger partial charge in [0.15, 0.2) is 0 Å². The SMILES string of the molecule is CN(C)c1ccc(C(=O)N2CCC(C(O)c3ccccc3)CC2)cn1. The maximum absolute atomic E-state index is 12.6. The molecule has 1 fully saturated rings. The van der Waals surface area contributed by atoms with Gasteiger partial charge in [-0.1, -0.05) is 30.3 Å². The van der Waals surface area contributed by atoms with E-state index in [9.17, 15) is 9.90 Å². The van der Waals surface area contributed by atoms with Crippen LogP contribution in [-0.4, -0.2) is 48.1 Å². The first-order valence-electron chi connectivity index (χ1n) is 8.72. The molecule has 2 heterocycles. The van der Waals surface area contributed by atoms with Crippen LogP contribution in [0.2, 0.25) is 0 Å². The summed E-state index contributed by atoms with van der Waals surface area (Å²) >= 11 is 0. The third kappa shape index (κ3) is 3.99. The molecule has 1 atom stereocenters. The fourth-order valence-corrected chi connectivity index (χ4v) is 3.30. The number of anilines is 1. The van der Waals surface area contributed by atoms with Gasteiger partial charge in [0.1, 0.15) is 5.82 Å². The van der Waals surface area contributed by atoms with Gasteiger partial charge >= 0.3 is 0 Å². The minimum absolute atomic E-state index is 0.0189. The third-order valence-corrected chi connectivity index (χ3v) is 4.87. The second kappa shape index (κ2) is 7.66. The van der Waals surface area contributed by atoms with Crippen LogP contribution in [-0.2, 0) is 0 Å². The van der Waals surface area contributed by atoms with Crippen molar-refractivity contribution in [3.63, 3.8) is 0 Å². The molecule has 1 saturated heterocycles. The number of carbonyl (C=O) groups is 1. The first-order chi connectivity index (χ1) is 12.1. The molecule has 25 heavy (non-hydrogen) atoms. The van der Waals surface area contributed by atoms with Crippen molar-refractivity contribution in [3.8, 4) is 0 Å². The molecule has 1 amide bonds. The van der Waals surface area contributed by atoms with E-state index in [-0.39, 0.29) is 11.8 Å². The van der Waals surface area contributed by atoms with Crippen molar-refractivity contribution < 1.29 is 9.90 Å². The minimum atomic E-state index is -0.459.